The maximum absolute atomic E-state index is 12.7. The van der Waals surface area contributed by atoms with E-state index in [1.54, 1.807) is 6.33 Å². The van der Waals surface area contributed by atoms with E-state index in [2.05, 4.69) is 20.9 Å². The average Bonchev–Trinajstić information content (AvgIpc) is 3.05. The summed E-state index contributed by atoms with van der Waals surface area (Å²) in [6.07, 6.45) is -2.35. The first-order valence-electron chi connectivity index (χ1n) is 9.99. The summed E-state index contributed by atoms with van der Waals surface area (Å²) in [7, 11) is 3.88. The van der Waals surface area contributed by atoms with E-state index in [0.29, 0.717) is 32.6 Å². The Kier molecular flexibility index (Phi) is 5.44. The number of likely N-dealkylation sites (tertiary alicyclic amines) is 1. The first-order chi connectivity index (χ1) is 14.2. The first-order valence-corrected chi connectivity index (χ1v) is 9.99. The van der Waals surface area contributed by atoms with Gasteiger partial charge in [-0.1, -0.05) is 0 Å². The molecule has 1 atom stereocenters. The molecular weight excluding hydrogens is 397 g/mol. The van der Waals surface area contributed by atoms with E-state index in [1.165, 1.54) is 0 Å². The Balaban J connectivity index is 1.43. The average molecular weight is 422 g/mol. The Labute approximate surface area is 173 Å². The van der Waals surface area contributed by atoms with Gasteiger partial charge >= 0.3 is 6.18 Å². The van der Waals surface area contributed by atoms with E-state index in [-0.39, 0.29) is 6.54 Å². The van der Waals surface area contributed by atoms with Crippen molar-refractivity contribution in [3.8, 4) is 0 Å². The number of hydrogen-bond acceptors (Lipinski definition) is 6. The molecule has 2 saturated heterocycles. The number of aromatic nitrogens is 2. The molecule has 1 unspecified atom stereocenters. The molecule has 2 aliphatic rings. The zero-order valence-electron chi connectivity index (χ0n) is 17.1. The fourth-order valence-electron chi connectivity index (χ4n) is 4.31. The highest BCUT2D eigenvalue weighted by molar-refractivity contribution is 5.91. The Bertz CT molecular complexity index is 926. The third kappa shape index (κ3) is 4.14. The van der Waals surface area contributed by atoms with Crippen molar-refractivity contribution < 1.29 is 18.0 Å². The highest BCUT2D eigenvalue weighted by Crippen LogP contribution is 2.28. The molecule has 0 bridgehead atoms. The van der Waals surface area contributed by atoms with Gasteiger partial charge in [0.05, 0.1) is 11.6 Å². The van der Waals surface area contributed by atoms with Gasteiger partial charge in [-0.05, 0) is 24.6 Å². The van der Waals surface area contributed by atoms with Crippen molar-refractivity contribution in [1.82, 2.24) is 19.8 Å². The molecule has 10 heteroatoms. The van der Waals surface area contributed by atoms with E-state index in [4.69, 9.17) is 0 Å². The molecule has 7 nitrogen and oxygen atoms in total. The van der Waals surface area contributed by atoms with Crippen LogP contribution in [0.4, 0.5) is 24.7 Å². The quantitative estimate of drug-likeness (QED) is 0.751. The van der Waals surface area contributed by atoms with E-state index in [0.717, 1.165) is 27.3 Å². The molecule has 0 saturated carbocycles. The predicted octanol–water partition coefficient (Wildman–Crippen LogP) is 1.98. The Morgan fingerprint density at radius 3 is 2.50 bits per heavy atom. The standard InChI is InChI=1S/C20H25F3N6O/c1-26(2)18-15-11-14(3-4-16(15)24-13-25-18)27-7-9-28(10-8-27)17-5-6-29(19(17)30)12-20(21,22)23/h3-4,11,13,17H,5-10,12H2,1-2H3. The molecule has 162 valence electrons. The molecule has 0 radical (unpaired) electrons. The molecule has 2 aromatic rings. The summed E-state index contributed by atoms with van der Waals surface area (Å²) in [4.78, 5) is 28.3. The molecule has 0 N–H and O–H groups in total. The van der Waals surface area contributed by atoms with Gasteiger partial charge in [-0.3, -0.25) is 9.69 Å². The van der Waals surface area contributed by atoms with Gasteiger partial charge in [-0.2, -0.15) is 13.2 Å². The Morgan fingerprint density at radius 2 is 1.83 bits per heavy atom. The lowest BCUT2D eigenvalue weighted by Gasteiger charge is -2.38. The highest BCUT2D eigenvalue weighted by atomic mass is 19.4. The van der Waals surface area contributed by atoms with E-state index >= 15 is 0 Å². The molecule has 1 aromatic carbocycles. The molecule has 1 amide bonds. The van der Waals surface area contributed by atoms with Crippen molar-refractivity contribution in [2.75, 3.05) is 63.2 Å². The van der Waals surface area contributed by atoms with Crippen LogP contribution in [0.2, 0.25) is 0 Å². The molecule has 1 aromatic heterocycles. The molecule has 30 heavy (non-hydrogen) atoms. The molecule has 3 heterocycles. The number of fused-ring (bicyclic) bond motifs is 1. The lowest BCUT2D eigenvalue weighted by molar-refractivity contribution is -0.159. The van der Waals surface area contributed by atoms with Crippen LogP contribution in [0.1, 0.15) is 6.42 Å². The number of rotatable bonds is 4. The minimum absolute atomic E-state index is 0.168. The van der Waals surface area contributed by atoms with Crippen molar-refractivity contribution in [1.29, 1.82) is 0 Å². The smallest absolute Gasteiger partial charge is 0.369 e. The lowest BCUT2D eigenvalue weighted by Crippen LogP contribution is -2.53. The Hall–Kier alpha value is -2.62. The van der Waals surface area contributed by atoms with Gasteiger partial charge in [0.1, 0.15) is 18.7 Å². The number of carbonyl (C=O) groups excluding carboxylic acids is 1. The van der Waals surface area contributed by atoms with Crippen LogP contribution >= 0.6 is 0 Å². The van der Waals surface area contributed by atoms with Crippen LogP contribution in [0.25, 0.3) is 10.9 Å². The van der Waals surface area contributed by atoms with Gasteiger partial charge < -0.3 is 14.7 Å². The van der Waals surface area contributed by atoms with Crippen molar-refractivity contribution in [2.45, 2.75) is 18.6 Å². The summed E-state index contributed by atoms with van der Waals surface area (Å²) < 4.78 is 38.0. The first kappa shape index (κ1) is 20.6. The number of carbonyl (C=O) groups is 1. The van der Waals surface area contributed by atoms with Crippen LogP contribution < -0.4 is 9.80 Å². The number of alkyl halides is 3. The second-order valence-corrected chi connectivity index (χ2v) is 8.00. The SMILES string of the molecule is CN(C)c1ncnc2ccc(N3CCN(C4CCN(CC(F)(F)F)C4=O)CC3)cc12. The van der Waals surface area contributed by atoms with Gasteiger partial charge in [-0.15, -0.1) is 0 Å². The largest absolute Gasteiger partial charge is 0.406 e. The van der Waals surface area contributed by atoms with Crippen molar-refractivity contribution in [3.05, 3.63) is 24.5 Å². The number of benzene rings is 1. The summed E-state index contributed by atoms with van der Waals surface area (Å²) in [5, 5.41) is 0.969. The highest BCUT2D eigenvalue weighted by Gasteiger charge is 2.42. The van der Waals surface area contributed by atoms with E-state index in [9.17, 15) is 18.0 Å². The van der Waals surface area contributed by atoms with Crippen molar-refractivity contribution in [2.24, 2.45) is 0 Å². The monoisotopic (exact) mass is 422 g/mol. The summed E-state index contributed by atoms with van der Waals surface area (Å²) in [5.74, 6) is 0.445. The summed E-state index contributed by atoms with van der Waals surface area (Å²) in [6, 6.07) is 5.63. The molecule has 2 fully saturated rings. The molecule has 0 spiro atoms. The van der Waals surface area contributed by atoms with Crippen molar-refractivity contribution >= 4 is 28.3 Å². The number of amides is 1. The third-order valence-corrected chi connectivity index (χ3v) is 5.78. The second-order valence-electron chi connectivity index (χ2n) is 8.00. The van der Waals surface area contributed by atoms with Gasteiger partial charge in [0.15, 0.2) is 0 Å². The zero-order chi connectivity index (χ0) is 21.5. The van der Waals surface area contributed by atoms with Gasteiger partial charge in [-0.25, -0.2) is 9.97 Å². The predicted molar refractivity (Wildman–Crippen MR) is 109 cm³/mol. The summed E-state index contributed by atoms with van der Waals surface area (Å²) >= 11 is 0. The number of halogens is 3. The van der Waals surface area contributed by atoms with Crippen LogP contribution in [0, 0.1) is 0 Å². The van der Waals surface area contributed by atoms with Crippen LogP contribution in [0.15, 0.2) is 24.5 Å². The molecule has 2 aliphatic heterocycles. The molecular formula is C20H25F3N6O. The molecule has 4 rings (SSSR count). The maximum atomic E-state index is 12.7. The lowest BCUT2D eigenvalue weighted by atomic mass is 10.1. The number of hydrogen-bond donors (Lipinski definition) is 0. The van der Waals surface area contributed by atoms with Gasteiger partial charge in [0.2, 0.25) is 5.91 Å². The van der Waals surface area contributed by atoms with Gasteiger partial charge in [0.25, 0.3) is 0 Å². The maximum Gasteiger partial charge on any atom is 0.406 e. The van der Waals surface area contributed by atoms with Crippen LogP contribution in [0.5, 0.6) is 0 Å². The van der Waals surface area contributed by atoms with Crippen LogP contribution in [-0.4, -0.2) is 91.3 Å². The number of nitrogens with zero attached hydrogens (tertiary/aromatic N) is 6. The minimum atomic E-state index is -4.35. The fraction of sp³-hybridized carbons (Fsp3) is 0.550. The topological polar surface area (TPSA) is 55.8 Å². The van der Waals surface area contributed by atoms with Crippen LogP contribution in [0.3, 0.4) is 0 Å². The summed E-state index contributed by atoms with van der Waals surface area (Å²) in [5.41, 5.74) is 1.92. The van der Waals surface area contributed by atoms with E-state index < -0.39 is 24.7 Å². The van der Waals surface area contributed by atoms with Crippen LogP contribution in [-0.2, 0) is 4.79 Å². The zero-order valence-corrected chi connectivity index (χ0v) is 17.1. The molecule has 0 aliphatic carbocycles. The second kappa shape index (κ2) is 7.90. The fourth-order valence-corrected chi connectivity index (χ4v) is 4.31. The number of piperazine rings is 1. The van der Waals surface area contributed by atoms with Crippen molar-refractivity contribution in [3.63, 3.8) is 0 Å². The van der Waals surface area contributed by atoms with Gasteiger partial charge in [0, 0.05) is 57.9 Å². The number of anilines is 2. The van der Waals surface area contributed by atoms with E-state index in [1.807, 2.05) is 36.0 Å². The Morgan fingerprint density at radius 1 is 1.10 bits per heavy atom. The summed E-state index contributed by atoms with van der Waals surface area (Å²) in [6.45, 7) is 1.70. The minimum Gasteiger partial charge on any atom is -0.369 e. The normalized spacial score (nSPS) is 21.0. The third-order valence-electron chi connectivity index (χ3n) is 5.78.